The van der Waals surface area contributed by atoms with Crippen LogP contribution in [0.3, 0.4) is 0 Å². The Bertz CT molecular complexity index is 580. The van der Waals surface area contributed by atoms with Gasteiger partial charge in [-0.05, 0) is 36.5 Å². The van der Waals surface area contributed by atoms with Crippen LogP contribution in [0.4, 0.5) is 0 Å². The lowest BCUT2D eigenvalue weighted by atomic mass is 9.91. The molecule has 1 aromatic carbocycles. The van der Waals surface area contributed by atoms with Crippen molar-refractivity contribution in [2.45, 2.75) is 45.2 Å². The van der Waals surface area contributed by atoms with E-state index in [1.54, 1.807) is 12.1 Å². The van der Waals surface area contributed by atoms with E-state index in [9.17, 15) is 9.59 Å². The van der Waals surface area contributed by atoms with Crippen LogP contribution < -0.4 is 11.1 Å². The Balaban J connectivity index is 0.00000312. The molecule has 1 aromatic rings. The van der Waals surface area contributed by atoms with Gasteiger partial charge in [-0.3, -0.25) is 9.59 Å². The molecule has 1 fully saturated rings. The minimum absolute atomic E-state index is 0. The van der Waals surface area contributed by atoms with Crippen molar-refractivity contribution >= 4 is 35.8 Å². The zero-order valence-electron chi connectivity index (χ0n) is 14.7. The minimum Gasteiger partial charge on any atom is -0.349 e. The summed E-state index contributed by atoms with van der Waals surface area (Å²) in [5.41, 5.74) is 6.73. The molecule has 1 heterocycles. The molecule has 7 heteroatoms. The second-order valence-corrected chi connectivity index (χ2v) is 7.05. The monoisotopic (exact) mass is 387 g/mol. The smallest absolute Gasteiger partial charge is 0.225 e. The van der Waals surface area contributed by atoms with Crippen molar-refractivity contribution in [2.24, 2.45) is 11.7 Å². The SMILES string of the molecule is CC(=O)NC(CC(=O)N1CCC(C)CC1CN)c1ccc(Cl)cc1.Cl. The average Bonchev–Trinajstić information content (AvgIpc) is 2.54. The predicted octanol–water partition coefficient (Wildman–Crippen LogP) is 2.91. The van der Waals surface area contributed by atoms with Crippen LogP contribution in [-0.4, -0.2) is 35.8 Å². The van der Waals surface area contributed by atoms with E-state index in [1.165, 1.54) is 6.92 Å². The number of carbonyl (C=O) groups is 2. The third-order valence-corrected chi connectivity index (χ3v) is 4.85. The number of carbonyl (C=O) groups excluding carboxylic acids is 2. The maximum absolute atomic E-state index is 12.8. The van der Waals surface area contributed by atoms with Crippen molar-refractivity contribution in [2.75, 3.05) is 13.1 Å². The van der Waals surface area contributed by atoms with Gasteiger partial charge in [0.1, 0.15) is 0 Å². The van der Waals surface area contributed by atoms with E-state index in [0.29, 0.717) is 17.5 Å². The zero-order valence-corrected chi connectivity index (χ0v) is 16.3. The first-order valence-electron chi connectivity index (χ1n) is 8.42. The molecule has 0 saturated carbocycles. The lowest BCUT2D eigenvalue weighted by molar-refractivity contribution is -0.136. The molecule has 2 amide bonds. The summed E-state index contributed by atoms with van der Waals surface area (Å²) in [6.45, 7) is 4.86. The minimum atomic E-state index is -0.356. The van der Waals surface area contributed by atoms with Gasteiger partial charge in [0.25, 0.3) is 0 Å². The van der Waals surface area contributed by atoms with Crippen molar-refractivity contribution in [3.8, 4) is 0 Å². The number of piperidine rings is 1. The van der Waals surface area contributed by atoms with Crippen molar-refractivity contribution in [1.29, 1.82) is 0 Å². The van der Waals surface area contributed by atoms with E-state index >= 15 is 0 Å². The third-order valence-electron chi connectivity index (χ3n) is 4.60. The van der Waals surface area contributed by atoms with Gasteiger partial charge in [0, 0.05) is 31.1 Å². The highest BCUT2D eigenvalue weighted by Gasteiger charge is 2.30. The summed E-state index contributed by atoms with van der Waals surface area (Å²) in [6, 6.07) is 6.95. The summed E-state index contributed by atoms with van der Waals surface area (Å²) in [5.74, 6) is 0.460. The number of amides is 2. The van der Waals surface area contributed by atoms with Gasteiger partial charge in [-0.2, -0.15) is 0 Å². The molecule has 5 nitrogen and oxygen atoms in total. The van der Waals surface area contributed by atoms with E-state index < -0.39 is 0 Å². The molecular weight excluding hydrogens is 361 g/mol. The first kappa shape index (κ1) is 21.7. The van der Waals surface area contributed by atoms with Crippen LogP contribution in [0.2, 0.25) is 5.02 Å². The maximum Gasteiger partial charge on any atom is 0.225 e. The average molecular weight is 388 g/mol. The Morgan fingerprint density at radius 2 is 2.00 bits per heavy atom. The lowest BCUT2D eigenvalue weighted by Crippen LogP contribution is -2.50. The van der Waals surface area contributed by atoms with E-state index in [4.69, 9.17) is 17.3 Å². The Hall–Kier alpha value is -1.30. The molecule has 1 aliphatic heterocycles. The molecule has 0 aliphatic carbocycles. The highest BCUT2D eigenvalue weighted by molar-refractivity contribution is 6.30. The van der Waals surface area contributed by atoms with Gasteiger partial charge in [0.2, 0.25) is 11.8 Å². The number of hydrogen-bond acceptors (Lipinski definition) is 3. The topological polar surface area (TPSA) is 75.4 Å². The Morgan fingerprint density at radius 1 is 1.36 bits per heavy atom. The van der Waals surface area contributed by atoms with E-state index in [0.717, 1.165) is 24.9 Å². The number of benzene rings is 1. The van der Waals surface area contributed by atoms with Gasteiger partial charge >= 0.3 is 0 Å². The number of nitrogens with zero attached hydrogens (tertiary/aromatic N) is 1. The third kappa shape index (κ3) is 6.17. The van der Waals surface area contributed by atoms with Gasteiger partial charge in [0.05, 0.1) is 12.5 Å². The molecule has 140 valence electrons. The van der Waals surface area contributed by atoms with Gasteiger partial charge in [-0.25, -0.2) is 0 Å². The summed E-state index contributed by atoms with van der Waals surface area (Å²) in [7, 11) is 0. The second-order valence-electron chi connectivity index (χ2n) is 6.61. The number of nitrogens with two attached hydrogens (primary N) is 1. The van der Waals surface area contributed by atoms with Gasteiger partial charge < -0.3 is 16.0 Å². The number of rotatable bonds is 5. The van der Waals surface area contributed by atoms with Crippen LogP contribution in [0.25, 0.3) is 0 Å². The van der Waals surface area contributed by atoms with E-state index in [-0.39, 0.29) is 42.7 Å². The molecule has 25 heavy (non-hydrogen) atoms. The standard InChI is InChI=1S/C18H26ClN3O2.ClH/c1-12-7-8-22(16(9-12)11-20)18(24)10-17(21-13(2)23)14-3-5-15(19)6-4-14;/h3-6,12,16-17H,7-11,20H2,1-2H3,(H,21,23);1H. The Morgan fingerprint density at radius 3 is 2.56 bits per heavy atom. The van der Waals surface area contributed by atoms with Crippen molar-refractivity contribution in [1.82, 2.24) is 10.2 Å². The molecular formula is C18H27Cl2N3O2. The largest absolute Gasteiger partial charge is 0.349 e. The molecule has 1 aliphatic rings. The Kier molecular flexibility index (Phi) is 8.69. The number of likely N-dealkylation sites (tertiary alicyclic amines) is 1. The summed E-state index contributed by atoms with van der Waals surface area (Å²) >= 11 is 5.92. The predicted molar refractivity (Wildman–Crippen MR) is 103 cm³/mol. The normalized spacial score (nSPS) is 21.2. The molecule has 2 rings (SSSR count). The van der Waals surface area contributed by atoms with Gasteiger partial charge in [-0.15, -0.1) is 12.4 Å². The Labute approximate surface area is 160 Å². The maximum atomic E-state index is 12.8. The molecule has 3 unspecified atom stereocenters. The van der Waals surface area contributed by atoms with Crippen LogP contribution in [0.15, 0.2) is 24.3 Å². The van der Waals surface area contributed by atoms with Crippen LogP contribution in [0.1, 0.15) is 44.7 Å². The quantitative estimate of drug-likeness (QED) is 0.815. The second kappa shape index (κ2) is 10.00. The van der Waals surface area contributed by atoms with Crippen LogP contribution in [0.5, 0.6) is 0 Å². The molecule has 0 bridgehead atoms. The van der Waals surface area contributed by atoms with Crippen molar-refractivity contribution < 1.29 is 9.59 Å². The number of halogens is 2. The molecule has 3 atom stereocenters. The van der Waals surface area contributed by atoms with Crippen LogP contribution in [-0.2, 0) is 9.59 Å². The van der Waals surface area contributed by atoms with Crippen molar-refractivity contribution in [3.63, 3.8) is 0 Å². The summed E-state index contributed by atoms with van der Waals surface area (Å²) < 4.78 is 0. The van der Waals surface area contributed by atoms with Gasteiger partial charge in [-0.1, -0.05) is 30.7 Å². The van der Waals surface area contributed by atoms with Crippen LogP contribution in [0, 0.1) is 5.92 Å². The van der Waals surface area contributed by atoms with Crippen molar-refractivity contribution in [3.05, 3.63) is 34.9 Å². The number of nitrogens with one attached hydrogen (secondary N) is 1. The first-order chi connectivity index (χ1) is 11.4. The fraction of sp³-hybridized carbons (Fsp3) is 0.556. The molecule has 0 radical (unpaired) electrons. The van der Waals surface area contributed by atoms with E-state index in [2.05, 4.69) is 12.2 Å². The molecule has 0 aromatic heterocycles. The summed E-state index contributed by atoms with van der Waals surface area (Å²) in [6.07, 6.45) is 2.16. The molecule has 1 saturated heterocycles. The fourth-order valence-corrected chi connectivity index (χ4v) is 3.41. The molecule has 0 spiro atoms. The highest BCUT2D eigenvalue weighted by Crippen LogP contribution is 2.25. The van der Waals surface area contributed by atoms with E-state index in [1.807, 2.05) is 17.0 Å². The summed E-state index contributed by atoms with van der Waals surface area (Å²) in [4.78, 5) is 26.2. The fourth-order valence-electron chi connectivity index (χ4n) is 3.29. The highest BCUT2D eigenvalue weighted by atomic mass is 35.5. The van der Waals surface area contributed by atoms with Crippen LogP contribution >= 0.6 is 24.0 Å². The zero-order chi connectivity index (χ0) is 17.7. The first-order valence-corrected chi connectivity index (χ1v) is 8.80. The number of hydrogen-bond donors (Lipinski definition) is 2. The lowest BCUT2D eigenvalue weighted by Gasteiger charge is -2.38. The summed E-state index contributed by atoms with van der Waals surface area (Å²) in [5, 5.41) is 3.49. The van der Waals surface area contributed by atoms with Gasteiger partial charge in [0.15, 0.2) is 0 Å². The molecule has 3 N–H and O–H groups in total.